The van der Waals surface area contributed by atoms with Gasteiger partial charge >= 0.3 is 0 Å². The predicted molar refractivity (Wildman–Crippen MR) is 91.8 cm³/mol. The Balaban J connectivity index is 0.000000126. The molecule has 0 radical (unpaired) electrons. The number of aromatic nitrogens is 1. The third-order valence-electron chi connectivity index (χ3n) is 2.89. The van der Waals surface area contributed by atoms with Gasteiger partial charge in [0.2, 0.25) is 0 Å². The fraction of sp³-hybridized carbons (Fsp3) is 0.235. The van der Waals surface area contributed by atoms with E-state index in [1.165, 1.54) is 5.39 Å². The van der Waals surface area contributed by atoms with Crippen LogP contribution in [0.15, 0.2) is 65.5 Å². The number of thiophene rings is 1. The van der Waals surface area contributed by atoms with Crippen LogP contribution in [-0.4, -0.2) is 31.2 Å². The summed E-state index contributed by atoms with van der Waals surface area (Å²) in [5, 5.41) is 11.7. The van der Waals surface area contributed by atoms with Gasteiger partial charge in [0.05, 0.1) is 5.52 Å². The van der Waals surface area contributed by atoms with Crippen LogP contribution < -0.4 is 10.6 Å². The third kappa shape index (κ3) is 6.49. The van der Waals surface area contributed by atoms with Crippen molar-refractivity contribution in [2.45, 2.75) is 0 Å². The van der Waals surface area contributed by atoms with Crippen LogP contribution in [0.3, 0.4) is 0 Å². The van der Waals surface area contributed by atoms with Crippen molar-refractivity contribution in [3.8, 4) is 0 Å². The standard InChI is InChI=1S/C9H7N.C4H10N2.C4H4S/c1-2-6-9-8(4-1)5-3-7-10-9;1-2-6-4-3-5-1;1-2-4-5-3-1/h1-7H;5-6H,1-4H2;1-4H. The van der Waals surface area contributed by atoms with E-state index in [0.717, 1.165) is 31.7 Å². The van der Waals surface area contributed by atoms with Crippen molar-refractivity contribution in [1.29, 1.82) is 0 Å². The first kappa shape index (κ1) is 15.6. The summed E-state index contributed by atoms with van der Waals surface area (Å²) in [6, 6.07) is 16.1. The SMILES string of the molecule is C1CNCCN1.c1ccc2ncccc2c1.c1ccsc1. The van der Waals surface area contributed by atoms with E-state index in [1.54, 1.807) is 11.3 Å². The van der Waals surface area contributed by atoms with Gasteiger partial charge in [-0.25, -0.2) is 0 Å². The molecule has 1 aliphatic rings. The van der Waals surface area contributed by atoms with Crippen LogP contribution in [0.5, 0.6) is 0 Å². The average molecular weight is 299 g/mol. The number of hydrogen-bond donors (Lipinski definition) is 2. The zero-order chi connectivity index (χ0) is 14.6. The van der Waals surface area contributed by atoms with Gasteiger partial charge in [0.15, 0.2) is 0 Å². The normalized spacial score (nSPS) is 13.5. The van der Waals surface area contributed by atoms with Crippen LogP contribution in [0, 0.1) is 0 Å². The number of nitrogens with zero attached hydrogens (tertiary/aromatic N) is 1. The highest BCUT2D eigenvalue weighted by molar-refractivity contribution is 7.07. The summed E-state index contributed by atoms with van der Waals surface area (Å²) in [6.07, 6.45) is 1.81. The van der Waals surface area contributed by atoms with Crippen LogP contribution in [0.4, 0.5) is 0 Å². The zero-order valence-electron chi connectivity index (χ0n) is 12.0. The molecule has 0 aliphatic carbocycles. The number of benzene rings is 1. The molecule has 0 atom stereocenters. The van der Waals surface area contributed by atoms with Crippen molar-refractivity contribution in [2.75, 3.05) is 26.2 Å². The van der Waals surface area contributed by atoms with E-state index >= 15 is 0 Å². The molecule has 3 heterocycles. The zero-order valence-corrected chi connectivity index (χ0v) is 12.9. The number of para-hydroxylation sites is 1. The van der Waals surface area contributed by atoms with Gasteiger partial charge in [-0.15, -0.1) is 0 Å². The van der Waals surface area contributed by atoms with Crippen LogP contribution in [0.2, 0.25) is 0 Å². The van der Waals surface area contributed by atoms with Gasteiger partial charge in [-0.2, -0.15) is 11.3 Å². The summed E-state index contributed by atoms with van der Waals surface area (Å²) in [5.74, 6) is 0. The van der Waals surface area contributed by atoms with Crippen molar-refractivity contribution in [3.05, 3.63) is 65.5 Å². The van der Waals surface area contributed by atoms with E-state index in [-0.39, 0.29) is 0 Å². The van der Waals surface area contributed by atoms with Crippen LogP contribution in [0.1, 0.15) is 0 Å². The number of piperazine rings is 1. The minimum absolute atomic E-state index is 1.06. The van der Waals surface area contributed by atoms with Crippen LogP contribution in [-0.2, 0) is 0 Å². The maximum Gasteiger partial charge on any atom is 0.0701 e. The first-order valence-electron chi connectivity index (χ1n) is 7.15. The maximum absolute atomic E-state index is 4.18. The minimum atomic E-state index is 1.06. The molecule has 0 spiro atoms. The lowest BCUT2D eigenvalue weighted by atomic mass is 10.2. The Kier molecular flexibility index (Phi) is 7.48. The Morgan fingerprint density at radius 2 is 1.38 bits per heavy atom. The largest absolute Gasteiger partial charge is 0.314 e. The van der Waals surface area contributed by atoms with Crippen molar-refractivity contribution < 1.29 is 0 Å². The Morgan fingerprint density at radius 3 is 1.90 bits per heavy atom. The van der Waals surface area contributed by atoms with Gasteiger partial charge in [-0.1, -0.05) is 36.4 Å². The highest BCUT2D eigenvalue weighted by atomic mass is 32.1. The second kappa shape index (κ2) is 10.0. The second-order valence-electron chi connectivity index (χ2n) is 4.49. The minimum Gasteiger partial charge on any atom is -0.314 e. The van der Waals surface area contributed by atoms with Crippen LogP contribution in [0.25, 0.3) is 10.9 Å². The lowest BCUT2D eigenvalue weighted by Gasteiger charge is -2.11. The summed E-state index contributed by atoms with van der Waals surface area (Å²) in [4.78, 5) is 4.18. The summed E-state index contributed by atoms with van der Waals surface area (Å²) in [6.45, 7) is 4.56. The maximum atomic E-state index is 4.18. The second-order valence-corrected chi connectivity index (χ2v) is 5.31. The van der Waals surface area contributed by atoms with E-state index in [9.17, 15) is 0 Å². The molecule has 1 aliphatic heterocycles. The molecule has 4 rings (SSSR count). The molecule has 0 amide bonds. The Hall–Kier alpha value is -1.75. The lowest BCUT2D eigenvalue weighted by Crippen LogP contribution is -2.39. The number of rotatable bonds is 0. The molecule has 4 heteroatoms. The van der Waals surface area contributed by atoms with Crippen molar-refractivity contribution in [2.24, 2.45) is 0 Å². The van der Waals surface area contributed by atoms with E-state index < -0.39 is 0 Å². The number of pyridine rings is 1. The van der Waals surface area contributed by atoms with Gasteiger partial charge in [0.25, 0.3) is 0 Å². The summed E-state index contributed by atoms with van der Waals surface area (Å²) in [7, 11) is 0. The average Bonchev–Trinajstić information content (AvgIpc) is 3.17. The van der Waals surface area contributed by atoms with E-state index in [0.29, 0.717) is 0 Å². The molecule has 3 nitrogen and oxygen atoms in total. The molecule has 2 aromatic heterocycles. The van der Waals surface area contributed by atoms with Gasteiger partial charge in [0.1, 0.15) is 0 Å². The molecule has 1 aromatic carbocycles. The molecule has 3 aromatic rings. The summed E-state index contributed by atoms with van der Waals surface area (Å²) >= 11 is 1.71. The van der Waals surface area contributed by atoms with Gasteiger partial charge in [0, 0.05) is 37.8 Å². The van der Waals surface area contributed by atoms with Gasteiger partial charge < -0.3 is 10.6 Å². The Labute approximate surface area is 130 Å². The highest BCUT2D eigenvalue weighted by Gasteiger charge is 1.91. The summed E-state index contributed by atoms with van der Waals surface area (Å²) in [5.41, 5.74) is 1.06. The molecule has 2 N–H and O–H groups in total. The molecular formula is C17H21N3S. The molecule has 110 valence electrons. The van der Waals surface area contributed by atoms with Crippen LogP contribution >= 0.6 is 11.3 Å². The first-order chi connectivity index (χ1) is 10.5. The topological polar surface area (TPSA) is 37.0 Å². The van der Waals surface area contributed by atoms with Crippen molar-refractivity contribution in [1.82, 2.24) is 15.6 Å². The molecular weight excluding hydrogens is 278 g/mol. The fourth-order valence-electron chi connectivity index (χ4n) is 1.85. The molecule has 0 bridgehead atoms. The quantitative estimate of drug-likeness (QED) is 0.669. The van der Waals surface area contributed by atoms with E-state index in [2.05, 4.69) is 27.8 Å². The number of fused-ring (bicyclic) bond motifs is 1. The third-order valence-corrected chi connectivity index (χ3v) is 3.52. The van der Waals surface area contributed by atoms with Crippen molar-refractivity contribution >= 4 is 22.2 Å². The molecule has 1 fully saturated rings. The fourth-order valence-corrected chi connectivity index (χ4v) is 2.30. The Bertz CT molecular complexity index is 498. The van der Waals surface area contributed by atoms with Crippen molar-refractivity contribution in [3.63, 3.8) is 0 Å². The molecule has 0 saturated carbocycles. The van der Waals surface area contributed by atoms with E-state index in [1.807, 2.05) is 53.4 Å². The predicted octanol–water partition coefficient (Wildman–Crippen LogP) is 3.16. The molecule has 0 unspecified atom stereocenters. The molecule has 1 saturated heterocycles. The van der Waals surface area contributed by atoms with E-state index in [4.69, 9.17) is 0 Å². The summed E-state index contributed by atoms with van der Waals surface area (Å²) < 4.78 is 0. The lowest BCUT2D eigenvalue weighted by molar-refractivity contribution is 0.534. The molecule has 21 heavy (non-hydrogen) atoms. The van der Waals surface area contributed by atoms with Gasteiger partial charge in [-0.05, 0) is 22.9 Å². The smallest absolute Gasteiger partial charge is 0.0701 e. The first-order valence-corrected chi connectivity index (χ1v) is 8.09. The Morgan fingerprint density at radius 1 is 0.762 bits per heavy atom. The number of nitrogens with one attached hydrogen (secondary N) is 2. The monoisotopic (exact) mass is 299 g/mol. The van der Waals surface area contributed by atoms with Gasteiger partial charge in [-0.3, -0.25) is 4.98 Å². The number of hydrogen-bond acceptors (Lipinski definition) is 4. The highest BCUT2D eigenvalue weighted by Crippen LogP contribution is 2.07.